The second-order valence-corrected chi connectivity index (χ2v) is 5.93. The van der Waals surface area contributed by atoms with Gasteiger partial charge >= 0.3 is 0 Å². The van der Waals surface area contributed by atoms with Gasteiger partial charge < -0.3 is 5.32 Å². The number of Topliss-reactive ketones (excluding diaryl/α,β-unsaturated/α-hetero) is 2. The maximum Gasteiger partial charge on any atom is 0.220 e. The Kier molecular flexibility index (Phi) is 6.17. The number of aryl methyl sites for hydroxylation is 2. The van der Waals surface area contributed by atoms with E-state index in [2.05, 4.69) is 5.32 Å². The largest absolute Gasteiger partial charge is 0.349 e. The first-order valence-electron chi connectivity index (χ1n) is 8.02. The van der Waals surface area contributed by atoms with Gasteiger partial charge in [-0.15, -0.1) is 0 Å². The van der Waals surface area contributed by atoms with Crippen LogP contribution in [-0.2, 0) is 4.79 Å². The van der Waals surface area contributed by atoms with Crippen LogP contribution in [0, 0.1) is 19.7 Å². The number of carbonyl (C=O) groups excluding carboxylic acids is 3. The molecule has 0 saturated carbocycles. The Morgan fingerprint density at radius 1 is 0.840 bits per heavy atom. The van der Waals surface area contributed by atoms with Gasteiger partial charge in [0.05, 0.1) is 6.54 Å². The molecule has 0 unspecified atom stereocenters. The molecule has 0 aromatic heterocycles. The molecule has 0 aliphatic rings. The van der Waals surface area contributed by atoms with Gasteiger partial charge in [-0.2, -0.15) is 0 Å². The van der Waals surface area contributed by atoms with Gasteiger partial charge in [0.25, 0.3) is 0 Å². The van der Waals surface area contributed by atoms with E-state index in [1.54, 1.807) is 6.07 Å². The Morgan fingerprint density at radius 2 is 1.48 bits per heavy atom. The van der Waals surface area contributed by atoms with Crippen molar-refractivity contribution in [2.75, 3.05) is 6.54 Å². The quantitative estimate of drug-likeness (QED) is 0.785. The minimum absolute atomic E-state index is 0.0163. The van der Waals surface area contributed by atoms with Gasteiger partial charge in [0.2, 0.25) is 5.91 Å². The number of halogens is 1. The van der Waals surface area contributed by atoms with Crippen molar-refractivity contribution in [3.05, 3.63) is 70.5 Å². The number of rotatable bonds is 7. The SMILES string of the molecule is Cc1ccc(C(=O)CCC(=O)NCC(=O)c2ccc(F)cc2)cc1C. The highest BCUT2D eigenvalue weighted by Crippen LogP contribution is 2.12. The Balaban J connectivity index is 1.80. The van der Waals surface area contributed by atoms with E-state index in [1.807, 2.05) is 26.0 Å². The highest BCUT2D eigenvalue weighted by Gasteiger charge is 2.12. The summed E-state index contributed by atoms with van der Waals surface area (Å²) in [5.74, 6) is -1.21. The summed E-state index contributed by atoms with van der Waals surface area (Å²) in [7, 11) is 0. The van der Waals surface area contributed by atoms with E-state index >= 15 is 0 Å². The van der Waals surface area contributed by atoms with E-state index in [4.69, 9.17) is 0 Å². The van der Waals surface area contributed by atoms with Gasteiger partial charge in [-0.25, -0.2) is 4.39 Å². The fraction of sp³-hybridized carbons (Fsp3) is 0.250. The zero-order chi connectivity index (χ0) is 18.4. The zero-order valence-corrected chi connectivity index (χ0v) is 14.3. The van der Waals surface area contributed by atoms with Crippen molar-refractivity contribution in [2.24, 2.45) is 0 Å². The van der Waals surface area contributed by atoms with Gasteiger partial charge in [0.15, 0.2) is 11.6 Å². The second-order valence-electron chi connectivity index (χ2n) is 5.93. The highest BCUT2D eigenvalue weighted by molar-refractivity contribution is 6.00. The van der Waals surface area contributed by atoms with E-state index in [9.17, 15) is 18.8 Å². The summed E-state index contributed by atoms with van der Waals surface area (Å²) in [6.45, 7) is 3.72. The number of benzene rings is 2. The van der Waals surface area contributed by atoms with E-state index in [0.717, 1.165) is 11.1 Å². The molecular formula is C20H20FNO3. The van der Waals surface area contributed by atoms with Crippen LogP contribution in [-0.4, -0.2) is 24.0 Å². The highest BCUT2D eigenvalue weighted by atomic mass is 19.1. The molecule has 0 bridgehead atoms. The zero-order valence-electron chi connectivity index (χ0n) is 14.3. The van der Waals surface area contributed by atoms with Gasteiger partial charge in [-0.3, -0.25) is 14.4 Å². The third kappa shape index (κ3) is 5.35. The van der Waals surface area contributed by atoms with Crippen LogP contribution < -0.4 is 5.32 Å². The number of hydrogen-bond acceptors (Lipinski definition) is 3. The van der Waals surface area contributed by atoms with Crippen LogP contribution in [0.15, 0.2) is 42.5 Å². The molecule has 0 heterocycles. The van der Waals surface area contributed by atoms with Crippen LogP contribution in [0.3, 0.4) is 0 Å². The first kappa shape index (κ1) is 18.5. The molecular weight excluding hydrogens is 321 g/mol. The molecule has 0 radical (unpaired) electrons. The minimum Gasteiger partial charge on any atom is -0.349 e. The minimum atomic E-state index is -0.426. The first-order chi connectivity index (χ1) is 11.9. The van der Waals surface area contributed by atoms with Crippen LogP contribution in [0.5, 0.6) is 0 Å². The Hall–Kier alpha value is -2.82. The number of carbonyl (C=O) groups is 3. The summed E-state index contributed by atoms with van der Waals surface area (Å²) in [6, 6.07) is 10.6. The number of nitrogens with one attached hydrogen (secondary N) is 1. The second kappa shape index (κ2) is 8.33. The molecule has 0 atom stereocenters. The number of hydrogen-bond donors (Lipinski definition) is 1. The van der Waals surface area contributed by atoms with Crippen molar-refractivity contribution in [3.8, 4) is 0 Å². The summed E-state index contributed by atoms with van der Waals surface area (Å²) in [4.78, 5) is 35.8. The molecule has 130 valence electrons. The van der Waals surface area contributed by atoms with Crippen LogP contribution in [0.4, 0.5) is 4.39 Å². The van der Waals surface area contributed by atoms with Crippen molar-refractivity contribution in [3.63, 3.8) is 0 Å². The van der Waals surface area contributed by atoms with Gasteiger partial charge in [0.1, 0.15) is 5.82 Å². The maximum absolute atomic E-state index is 12.8. The molecule has 0 fully saturated rings. The fourth-order valence-corrected chi connectivity index (χ4v) is 2.29. The van der Waals surface area contributed by atoms with Crippen molar-refractivity contribution in [1.82, 2.24) is 5.32 Å². The lowest BCUT2D eigenvalue weighted by atomic mass is 10.0. The predicted octanol–water partition coefficient (Wildman–Crippen LogP) is 3.40. The van der Waals surface area contributed by atoms with Crippen molar-refractivity contribution in [2.45, 2.75) is 26.7 Å². The third-order valence-corrected chi connectivity index (χ3v) is 4.02. The molecule has 0 aliphatic heterocycles. The van der Waals surface area contributed by atoms with Crippen molar-refractivity contribution in [1.29, 1.82) is 0 Å². The maximum atomic E-state index is 12.8. The molecule has 2 aromatic carbocycles. The van der Waals surface area contributed by atoms with E-state index in [1.165, 1.54) is 24.3 Å². The monoisotopic (exact) mass is 341 g/mol. The molecule has 2 rings (SSSR count). The standard InChI is InChI=1S/C20H20FNO3/c1-13-3-4-16(11-14(13)2)18(23)9-10-20(25)22-12-19(24)15-5-7-17(21)8-6-15/h3-8,11H,9-10,12H2,1-2H3,(H,22,25). The van der Waals surface area contributed by atoms with Crippen molar-refractivity contribution < 1.29 is 18.8 Å². The van der Waals surface area contributed by atoms with Gasteiger partial charge in [-0.1, -0.05) is 12.1 Å². The lowest BCUT2D eigenvalue weighted by Gasteiger charge is -2.06. The van der Waals surface area contributed by atoms with E-state index in [-0.39, 0.29) is 36.9 Å². The Morgan fingerprint density at radius 3 is 2.12 bits per heavy atom. The Bertz CT molecular complexity index is 797. The van der Waals surface area contributed by atoms with E-state index in [0.29, 0.717) is 11.1 Å². The predicted molar refractivity (Wildman–Crippen MR) is 93.2 cm³/mol. The normalized spacial score (nSPS) is 10.4. The van der Waals surface area contributed by atoms with Crippen LogP contribution >= 0.6 is 0 Å². The van der Waals surface area contributed by atoms with Crippen LogP contribution in [0.1, 0.15) is 44.7 Å². The smallest absolute Gasteiger partial charge is 0.220 e. The van der Waals surface area contributed by atoms with Gasteiger partial charge in [-0.05, 0) is 55.3 Å². The average Bonchev–Trinajstić information content (AvgIpc) is 2.60. The van der Waals surface area contributed by atoms with Crippen LogP contribution in [0.25, 0.3) is 0 Å². The number of ketones is 2. The molecule has 5 heteroatoms. The number of amides is 1. The summed E-state index contributed by atoms with van der Waals surface area (Å²) in [5.41, 5.74) is 3.04. The summed E-state index contributed by atoms with van der Waals surface area (Å²) in [6.07, 6.45) is 0.0987. The van der Waals surface area contributed by atoms with Crippen molar-refractivity contribution >= 4 is 17.5 Å². The topological polar surface area (TPSA) is 63.2 Å². The molecule has 1 amide bonds. The summed E-state index contributed by atoms with van der Waals surface area (Å²) in [5, 5.41) is 2.49. The first-order valence-corrected chi connectivity index (χ1v) is 8.02. The Labute approximate surface area is 146 Å². The summed E-state index contributed by atoms with van der Waals surface area (Å²) >= 11 is 0. The average molecular weight is 341 g/mol. The molecule has 0 aliphatic carbocycles. The molecule has 2 aromatic rings. The molecule has 0 spiro atoms. The lowest BCUT2D eigenvalue weighted by Crippen LogP contribution is -2.29. The van der Waals surface area contributed by atoms with Gasteiger partial charge in [0, 0.05) is 24.0 Å². The third-order valence-electron chi connectivity index (χ3n) is 4.02. The molecule has 1 N–H and O–H groups in total. The molecule has 25 heavy (non-hydrogen) atoms. The summed E-state index contributed by atoms with van der Waals surface area (Å²) < 4.78 is 12.8. The lowest BCUT2D eigenvalue weighted by molar-refractivity contribution is -0.120. The van der Waals surface area contributed by atoms with Crippen LogP contribution in [0.2, 0.25) is 0 Å². The fourth-order valence-electron chi connectivity index (χ4n) is 2.29. The molecule has 0 saturated heterocycles. The molecule has 4 nitrogen and oxygen atoms in total. The van der Waals surface area contributed by atoms with E-state index < -0.39 is 5.82 Å².